The lowest BCUT2D eigenvalue weighted by atomic mass is 10.1. The number of nitro benzene ring substituents is 1. The van der Waals surface area contributed by atoms with Gasteiger partial charge in [-0.15, -0.1) is 0 Å². The van der Waals surface area contributed by atoms with Gasteiger partial charge in [-0.1, -0.05) is 47.1 Å². The minimum atomic E-state index is -3.84. The second-order valence-electron chi connectivity index (χ2n) is 7.76. The van der Waals surface area contributed by atoms with Gasteiger partial charge in [-0.25, -0.2) is 8.42 Å². The number of nitrogens with one attached hydrogen (secondary N) is 1. The maximum atomic E-state index is 13.1. The highest BCUT2D eigenvalue weighted by molar-refractivity contribution is 8.04. The Balaban J connectivity index is 1.65. The van der Waals surface area contributed by atoms with Gasteiger partial charge in [0.1, 0.15) is 0 Å². The first-order valence-corrected chi connectivity index (χ1v) is 13.6. The van der Waals surface area contributed by atoms with Crippen LogP contribution in [0, 0.1) is 10.1 Å². The minimum Gasteiger partial charge on any atom is -0.419 e. The van der Waals surface area contributed by atoms with E-state index in [0.717, 1.165) is 18.7 Å². The van der Waals surface area contributed by atoms with Crippen molar-refractivity contribution in [3.63, 3.8) is 0 Å². The SMILES string of the molecule is CC(=O)Oc1ccc(C=C2Sc3cc(S(=O)(=O)Cc4c(Cl)cccc4Cl)ccc3NC2=O)cc1[N+](=O)[O-]. The molecule has 1 aliphatic heterocycles. The third-order valence-electron chi connectivity index (χ3n) is 5.13. The topological polar surface area (TPSA) is 133 Å². The van der Waals surface area contributed by atoms with E-state index in [4.69, 9.17) is 27.9 Å². The van der Waals surface area contributed by atoms with Crippen molar-refractivity contribution in [3.05, 3.63) is 90.8 Å². The smallest absolute Gasteiger partial charge is 0.312 e. The molecule has 0 saturated carbocycles. The van der Waals surface area contributed by atoms with Crippen LogP contribution in [0.2, 0.25) is 10.0 Å². The highest BCUT2D eigenvalue weighted by Gasteiger charge is 2.26. The molecule has 4 rings (SSSR count). The van der Waals surface area contributed by atoms with Crippen molar-refractivity contribution in [2.75, 3.05) is 5.32 Å². The Hall–Kier alpha value is -3.38. The number of hydrogen-bond acceptors (Lipinski definition) is 8. The van der Waals surface area contributed by atoms with Gasteiger partial charge in [0.2, 0.25) is 5.75 Å². The van der Waals surface area contributed by atoms with E-state index in [1.54, 1.807) is 18.2 Å². The van der Waals surface area contributed by atoms with Crippen LogP contribution < -0.4 is 10.1 Å². The fourth-order valence-electron chi connectivity index (χ4n) is 3.43. The Bertz CT molecular complexity index is 1580. The molecule has 3 aromatic carbocycles. The number of ether oxygens (including phenoxy) is 1. The van der Waals surface area contributed by atoms with Gasteiger partial charge in [-0.3, -0.25) is 19.7 Å². The molecule has 0 fully saturated rings. The number of thioether (sulfide) groups is 1. The van der Waals surface area contributed by atoms with Crippen molar-refractivity contribution >= 4 is 74.1 Å². The summed E-state index contributed by atoms with van der Waals surface area (Å²) in [6.07, 6.45) is 1.41. The lowest BCUT2D eigenvalue weighted by molar-refractivity contribution is -0.385. The molecule has 0 aliphatic carbocycles. The molecule has 0 aromatic heterocycles. The van der Waals surface area contributed by atoms with E-state index in [9.17, 15) is 28.1 Å². The summed E-state index contributed by atoms with van der Waals surface area (Å²) in [5, 5.41) is 14.6. The zero-order valence-electron chi connectivity index (χ0n) is 18.9. The van der Waals surface area contributed by atoms with Gasteiger partial charge in [0.05, 0.1) is 26.2 Å². The summed E-state index contributed by atoms with van der Waals surface area (Å²) in [5.41, 5.74) is 0.556. The average Bonchev–Trinajstić information content (AvgIpc) is 2.82. The fourth-order valence-corrected chi connectivity index (χ4v) is 6.62. The van der Waals surface area contributed by atoms with Crippen LogP contribution in [0.5, 0.6) is 5.75 Å². The van der Waals surface area contributed by atoms with E-state index in [1.165, 1.54) is 42.5 Å². The number of esters is 1. The first-order chi connectivity index (χ1) is 17.4. The third kappa shape index (κ3) is 5.96. The number of hydrogen-bond donors (Lipinski definition) is 1. The molecule has 0 spiro atoms. The van der Waals surface area contributed by atoms with E-state index < -0.39 is 38.1 Å². The Labute approximate surface area is 225 Å². The van der Waals surface area contributed by atoms with Crippen molar-refractivity contribution < 1.29 is 27.7 Å². The number of benzene rings is 3. The number of sulfone groups is 1. The molecule has 1 heterocycles. The van der Waals surface area contributed by atoms with Crippen LogP contribution in [-0.2, 0) is 25.2 Å². The van der Waals surface area contributed by atoms with Crippen LogP contribution in [0.1, 0.15) is 18.1 Å². The molecule has 0 unspecified atom stereocenters. The predicted octanol–water partition coefficient (Wildman–Crippen LogP) is 5.89. The number of fused-ring (bicyclic) bond motifs is 1. The van der Waals surface area contributed by atoms with Crippen LogP contribution in [-0.4, -0.2) is 25.2 Å². The number of rotatable bonds is 6. The van der Waals surface area contributed by atoms with Crippen molar-refractivity contribution in [3.8, 4) is 5.75 Å². The zero-order valence-corrected chi connectivity index (χ0v) is 22.0. The van der Waals surface area contributed by atoms with Gasteiger partial charge in [-0.05, 0) is 48.0 Å². The molecule has 190 valence electrons. The van der Waals surface area contributed by atoms with Crippen LogP contribution in [0.4, 0.5) is 11.4 Å². The first kappa shape index (κ1) is 26.7. The van der Waals surface area contributed by atoms with Gasteiger partial charge in [0, 0.05) is 33.5 Å². The lowest BCUT2D eigenvalue weighted by Crippen LogP contribution is -2.17. The van der Waals surface area contributed by atoms with Crippen LogP contribution in [0.3, 0.4) is 0 Å². The standard InChI is InChI=1S/C24H16Cl2N2O7S2/c1-13(29)35-21-8-5-14(9-20(21)28(31)32)10-23-24(30)27-19-7-6-15(11-22(19)36-23)37(33,34)12-16-17(25)3-2-4-18(16)26/h2-11H,12H2,1H3,(H,27,30). The maximum absolute atomic E-state index is 13.1. The molecule has 1 amide bonds. The van der Waals surface area contributed by atoms with Gasteiger partial charge < -0.3 is 10.1 Å². The third-order valence-corrected chi connectivity index (χ3v) is 8.56. The molecule has 37 heavy (non-hydrogen) atoms. The molecule has 3 aromatic rings. The number of carbonyl (C=O) groups excluding carboxylic acids is 2. The summed E-state index contributed by atoms with van der Waals surface area (Å²) in [6.45, 7) is 1.12. The quantitative estimate of drug-likeness (QED) is 0.126. The van der Waals surface area contributed by atoms with Crippen molar-refractivity contribution in [2.24, 2.45) is 0 Å². The minimum absolute atomic E-state index is 0.00612. The second kappa shape index (κ2) is 10.5. The molecule has 0 atom stereocenters. The van der Waals surface area contributed by atoms with E-state index in [1.807, 2.05) is 0 Å². The molecule has 1 aliphatic rings. The highest BCUT2D eigenvalue weighted by Crippen LogP contribution is 2.41. The van der Waals surface area contributed by atoms with Crippen molar-refractivity contribution in [1.82, 2.24) is 0 Å². The number of halogens is 2. The summed E-state index contributed by atoms with van der Waals surface area (Å²) in [5.74, 6) is -1.82. The van der Waals surface area contributed by atoms with Crippen LogP contribution >= 0.6 is 35.0 Å². The van der Waals surface area contributed by atoms with E-state index in [0.29, 0.717) is 16.1 Å². The molecular weight excluding hydrogens is 563 g/mol. The Kier molecular flexibility index (Phi) is 7.60. The molecule has 9 nitrogen and oxygen atoms in total. The fraction of sp³-hybridized carbons (Fsp3) is 0.0833. The first-order valence-electron chi connectivity index (χ1n) is 10.4. The number of nitrogens with zero attached hydrogens (tertiary/aromatic N) is 1. The van der Waals surface area contributed by atoms with E-state index >= 15 is 0 Å². The normalized spacial score (nSPS) is 14.1. The van der Waals surface area contributed by atoms with Crippen LogP contribution in [0.25, 0.3) is 6.08 Å². The molecule has 1 N–H and O–H groups in total. The number of amides is 1. The monoisotopic (exact) mass is 578 g/mol. The average molecular weight is 579 g/mol. The highest BCUT2D eigenvalue weighted by atomic mass is 35.5. The molecule has 0 bridgehead atoms. The Morgan fingerprint density at radius 1 is 1.14 bits per heavy atom. The Morgan fingerprint density at radius 2 is 1.84 bits per heavy atom. The predicted molar refractivity (Wildman–Crippen MR) is 141 cm³/mol. The lowest BCUT2D eigenvalue weighted by Gasteiger charge is -2.19. The zero-order chi connectivity index (χ0) is 26.9. The molecule has 13 heteroatoms. The maximum Gasteiger partial charge on any atom is 0.312 e. The van der Waals surface area contributed by atoms with Crippen molar-refractivity contribution in [1.29, 1.82) is 0 Å². The van der Waals surface area contributed by atoms with Gasteiger partial charge in [-0.2, -0.15) is 0 Å². The van der Waals surface area contributed by atoms with E-state index in [-0.39, 0.29) is 31.2 Å². The molecular formula is C24H16Cl2N2O7S2. The summed E-state index contributed by atoms with van der Waals surface area (Å²) >= 11 is 13.3. The van der Waals surface area contributed by atoms with Gasteiger partial charge in [0.15, 0.2) is 9.84 Å². The molecule has 0 saturated heterocycles. The van der Waals surface area contributed by atoms with Crippen LogP contribution in [0.15, 0.2) is 69.3 Å². The van der Waals surface area contributed by atoms with Crippen molar-refractivity contribution in [2.45, 2.75) is 22.5 Å². The number of carbonyl (C=O) groups is 2. The summed E-state index contributed by atoms with van der Waals surface area (Å²) in [7, 11) is -3.84. The molecule has 0 radical (unpaired) electrons. The largest absolute Gasteiger partial charge is 0.419 e. The van der Waals surface area contributed by atoms with E-state index in [2.05, 4.69) is 5.32 Å². The second-order valence-corrected chi connectivity index (χ2v) is 11.6. The number of nitro groups is 1. The van der Waals surface area contributed by atoms with Gasteiger partial charge >= 0.3 is 11.7 Å². The summed E-state index contributed by atoms with van der Waals surface area (Å²) < 4.78 is 31.1. The summed E-state index contributed by atoms with van der Waals surface area (Å²) in [6, 6.07) is 12.9. The van der Waals surface area contributed by atoms with Gasteiger partial charge in [0.25, 0.3) is 5.91 Å². The number of anilines is 1. The Morgan fingerprint density at radius 3 is 2.49 bits per heavy atom. The summed E-state index contributed by atoms with van der Waals surface area (Å²) in [4.78, 5) is 35.2.